The molecule has 0 saturated carbocycles. The molecule has 0 bridgehead atoms. The van der Waals surface area contributed by atoms with Gasteiger partial charge in [0.25, 0.3) is 11.8 Å². The number of aromatic nitrogens is 1. The van der Waals surface area contributed by atoms with E-state index in [9.17, 15) is 14.0 Å². The van der Waals surface area contributed by atoms with Crippen LogP contribution in [0.4, 0.5) is 4.39 Å². The maximum Gasteiger partial charge on any atom is 0.260 e. The predicted octanol–water partition coefficient (Wildman–Crippen LogP) is 4.24. The number of nitrogens with zero attached hydrogens (tertiary/aromatic N) is 2. The average molecular weight is 462 g/mol. The molecular formula is C27H28FN3O3. The van der Waals surface area contributed by atoms with E-state index in [0.717, 1.165) is 11.4 Å². The fourth-order valence-electron chi connectivity index (χ4n) is 4.15. The second-order valence-electron chi connectivity index (χ2n) is 8.42. The molecular weight excluding hydrogens is 433 g/mol. The number of carbonyl (C=O) groups excluding carboxylic acids is 2. The molecule has 1 aliphatic heterocycles. The Hall–Kier alpha value is -3.74. The Balaban J connectivity index is 1.37. The number of nitrogens with one attached hydrogen (secondary N) is 1. The first-order valence-corrected chi connectivity index (χ1v) is 11.5. The van der Waals surface area contributed by atoms with Crippen molar-refractivity contribution in [3.8, 4) is 5.75 Å². The van der Waals surface area contributed by atoms with Gasteiger partial charge < -0.3 is 15.0 Å². The highest BCUT2D eigenvalue weighted by molar-refractivity contribution is 5.95. The molecule has 7 heteroatoms. The Morgan fingerprint density at radius 3 is 2.47 bits per heavy atom. The van der Waals surface area contributed by atoms with Gasteiger partial charge in [-0.15, -0.1) is 0 Å². The summed E-state index contributed by atoms with van der Waals surface area (Å²) in [5, 5.41) is 2.81. The molecule has 6 nitrogen and oxygen atoms in total. The molecule has 1 fully saturated rings. The molecule has 0 atom stereocenters. The zero-order valence-electron chi connectivity index (χ0n) is 19.2. The van der Waals surface area contributed by atoms with Crippen LogP contribution < -0.4 is 10.1 Å². The largest absolute Gasteiger partial charge is 0.484 e. The van der Waals surface area contributed by atoms with Crippen molar-refractivity contribution in [1.29, 1.82) is 0 Å². The Morgan fingerprint density at radius 2 is 1.74 bits per heavy atom. The van der Waals surface area contributed by atoms with E-state index in [1.807, 2.05) is 37.3 Å². The first-order valence-electron chi connectivity index (χ1n) is 11.5. The Kier molecular flexibility index (Phi) is 7.52. The summed E-state index contributed by atoms with van der Waals surface area (Å²) < 4.78 is 19.5. The number of pyridine rings is 1. The number of piperidine rings is 1. The van der Waals surface area contributed by atoms with E-state index < -0.39 is 0 Å². The van der Waals surface area contributed by atoms with Crippen molar-refractivity contribution in [2.45, 2.75) is 32.2 Å². The van der Waals surface area contributed by atoms with Crippen molar-refractivity contribution in [1.82, 2.24) is 15.2 Å². The lowest BCUT2D eigenvalue weighted by Gasteiger charge is -2.32. The van der Waals surface area contributed by atoms with Gasteiger partial charge in [0.1, 0.15) is 11.6 Å². The third-order valence-electron chi connectivity index (χ3n) is 6.05. The summed E-state index contributed by atoms with van der Waals surface area (Å²) in [5.74, 6) is 0.0511. The quantitative estimate of drug-likeness (QED) is 0.571. The topological polar surface area (TPSA) is 71.5 Å². The molecule has 0 spiro atoms. The molecule has 176 valence electrons. The van der Waals surface area contributed by atoms with Crippen LogP contribution in [0, 0.1) is 12.7 Å². The minimum Gasteiger partial charge on any atom is -0.484 e. The number of carbonyl (C=O) groups is 2. The smallest absolute Gasteiger partial charge is 0.260 e. The van der Waals surface area contributed by atoms with Gasteiger partial charge in [0.05, 0.1) is 11.3 Å². The Labute approximate surface area is 198 Å². The number of likely N-dealkylation sites (tertiary alicyclic amines) is 1. The lowest BCUT2D eigenvalue weighted by Crippen LogP contribution is -2.41. The molecule has 34 heavy (non-hydrogen) atoms. The van der Waals surface area contributed by atoms with Crippen molar-refractivity contribution in [3.63, 3.8) is 0 Å². The van der Waals surface area contributed by atoms with Gasteiger partial charge in [0.2, 0.25) is 0 Å². The Morgan fingerprint density at radius 1 is 1.03 bits per heavy atom. The third kappa shape index (κ3) is 5.78. The number of amides is 2. The summed E-state index contributed by atoms with van der Waals surface area (Å²) in [7, 11) is 0. The number of para-hydroxylation sites is 1. The molecule has 2 heterocycles. The van der Waals surface area contributed by atoms with Crippen LogP contribution in [0.3, 0.4) is 0 Å². The van der Waals surface area contributed by atoms with Crippen LogP contribution in [-0.2, 0) is 11.3 Å². The van der Waals surface area contributed by atoms with Crippen molar-refractivity contribution in [2.24, 2.45) is 0 Å². The fraction of sp³-hybridized carbons (Fsp3) is 0.296. The standard InChI is InChI=1S/C27H28FN3O3/c1-19-11-12-23(27(33)29-17-21-7-5-6-10-24(21)28)26(30-19)20-13-15-31(16-14-20)25(32)18-34-22-8-3-2-4-9-22/h2-12,20H,13-18H2,1H3,(H,29,33). The summed E-state index contributed by atoms with van der Waals surface area (Å²) in [6.45, 7) is 3.15. The van der Waals surface area contributed by atoms with Gasteiger partial charge in [-0.2, -0.15) is 0 Å². The highest BCUT2D eigenvalue weighted by atomic mass is 19.1. The first kappa shape index (κ1) is 23.4. The van der Waals surface area contributed by atoms with E-state index >= 15 is 0 Å². The van der Waals surface area contributed by atoms with Crippen LogP contribution >= 0.6 is 0 Å². The van der Waals surface area contributed by atoms with Gasteiger partial charge in [-0.05, 0) is 50.1 Å². The molecule has 1 N–H and O–H groups in total. The molecule has 0 unspecified atom stereocenters. The van der Waals surface area contributed by atoms with E-state index in [-0.39, 0.29) is 36.7 Å². The lowest BCUT2D eigenvalue weighted by molar-refractivity contribution is -0.134. The van der Waals surface area contributed by atoms with E-state index in [2.05, 4.69) is 10.3 Å². The van der Waals surface area contributed by atoms with Gasteiger partial charge in [0.15, 0.2) is 6.61 Å². The molecule has 4 rings (SSSR count). The molecule has 1 saturated heterocycles. The average Bonchev–Trinajstić information content (AvgIpc) is 2.87. The summed E-state index contributed by atoms with van der Waals surface area (Å²) in [4.78, 5) is 32.0. The van der Waals surface area contributed by atoms with Crippen molar-refractivity contribution in [3.05, 3.63) is 95.1 Å². The lowest BCUT2D eigenvalue weighted by atomic mass is 9.89. The van der Waals surface area contributed by atoms with E-state index in [1.165, 1.54) is 6.07 Å². The number of ether oxygens (including phenoxy) is 1. The summed E-state index contributed by atoms with van der Waals surface area (Å²) in [6.07, 6.45) is 1.42. The minimum absolute atomic E-state index is 0.00107. The summed E-state index contributed by atoms with van der Waals surface area (Å²) >= 11 is 0. The summed E-state index contributed by atoms with van der Waals surface area (Å²) in [5.41, 5.74) is 2.50. The van der Waals surface area contributed by atoms with Crippen LogP contribution in [-0.4, -0.2) is 41.4 Å². The SMILES string of the molecule is Cc1ccc(C(=O)NCc2ccccc2F)c(C2CCN(C(=O)COc3ccccc3)CC2)n1. The van der Waals surface area contributed by atoms with Gasteiger partial charge in [0, 0.05) is 36.8 Å². The minimum atomic E-state index is -0.349. The van der Waals surface area contributed by atoms with Crippen LogP contribution in [0.1, 0.15) is 46.1 Å². The number of rotatable bonds is 7. The van der Waals surface area contributed by atoms with Crippen molar-refractivity contribution >= 4 is 11.8 Å². The first-order chi connectivity index (χ1) is 16.5. The van der Waals surface area contributed by atoms with E-state index in [0.29, 0.717) is 42.8 Å². The second-order valence-corrected chi connectivity index (χ2v) is 8.42. The van der Waals surface area contributed by atoms with Gasteiger partial charge in [-0.1, -0.05) is 36.4 Å². The number of halogens is 1. The fourth-order valence-corrected chi connectivity index (χ4v) is 4.15. The second kappa shape index (κ2) is 10.9. The molecule has 2 amide bonds. The third-order valence-corrected chi connectivity index (χ3v) is 6.05. The summed E-state index contributed by atoms with van der Waals surface area (Å²) in [6, 6.07) is 19.2. The van der Waals surface area contributed by atoms with Crippen LogP contribution in [0.2, 0.25) is 0 Å². The molecule has 0 radical (unpaired) electrons. The van der Waals surface area contributed by atoms with Crippen molar-refractivity contribution < 1.29 is 18.7 Å². The maximum absolute atomic E-state index is 13.9. The van der Waals surface area contributed by atoms with Crippen LogP contribution in [0.5, 0.6) is 5.75 Å². The zero-order valence-corrected chi connectivity index (χ0v) is 19.2. The normalized spacial score (nSPS) is 14.0. The maximum atomic E-state index is 13.9. The zero-order chi connectivity index (χ0) is 23.9. The van der Waals surface area contributed by atoms with E-state index in [4.69, 9.17) is 4.74 Å². The monoisotopic (exact) mass is 461 g/mol. The number of hydrogen-bond acceptors (Lipinski definition) is 4. The van der Waals surface area contributed by atoms with Gasteiger partial charge in [-0.3, -0.25) is 14.6 Å². The van der Waals surface area contributed by atoms with Crippen molar-refractivity contribution in [2.75, 3.05) is 19.7 Å². The highest BCUT2D eigenvalue weighted by Gasteiger charge is 2.28. The number of benzene rings is 2. The van der Waals surface area contributed by atoms with E-state index in [1.54, 1.807) is 35.2 Å². The molecule has 3 aromatic rings. The van der Waals surface area contributed by atoms with Gasteiger partial charge >= 0.3 is 0 Å². The Bertz CT molecular complexity index is 1140. The molecule has 1 aromatic heterocycles. The molecule has 2 aromatic carbocycles. The van der Waals surface area contributed by atoms with Gasteiger partial charge in [-0.25, -0.2) is 4.39 Å². The highest BCUT2D eigenvalue weighted by Crippen LogP contribution is 2.29. The number of aryl methyl sites for hydroxylation is 1. The predicted molar refractivity (Wildman–Crippen MR) is 127 cm³/mol. The number of hydrogen-bond donors (Lipinski definition) is 1. The van der Waals surface area contributed by atoms with Crippen LogP contribution in [0.15, 0.2) is 66.7 Å². The molecule has 0 aliphatic carbocycles. The molecule has 1 aliphatic rings. The van der Waals surface area contributed by atoms with Crippen LogP contribution in [0.25, 0.3) is 0 Å².